The van der Waals surface area contributed by atoms with E-state index in [2.05, 4.69) is 33.5 Å². The molecule has 5 rings (SSSR count). The smallest absolute Gasteiger partial charge is 0.407 e. The Balaban J connectivity index is 1.18. The second kappa shape index (κ2) is 16.0. The number of aromatic nitrogens is 1. The minimum absolute atomic E-state index is 0.0285. The van der Waals surface area contributed by atoms with Crippen molar-refractivity contribution in [2.24, 2.45) is 5.92 Å². The monoisotopic (exact) mass is 736 g/mol. The zero-order valence-corrected chi connectivity index (χ0v) is 29.8. The molecule has 3 aliphatic rings. The van der Waals surface area contributed by atoms with Crippen molar-refractivity contribution in [1.29, 1.82) is 0 Å². The number of pyridine rings is 1. The Morgan fingerprint density at radius 2 is 1.94 bits per heavy atom. The van der Waals surface area contributed by atoms with E-state index in [4.69, 9.17) is 4.74 Å². The fraction of sp³-hybridized carbons (Fsp3) is 0.444. The number of aromatic hydroxyl groups is 1. The highest BCUT2D eigenvalue weighted by atomic mass is 32.2. The lowest BCUT2D eigenvalue weighted by molar-refractivity contribution is -0.141. The fourth-order valence-electron chi connectivity index (χ4n) is 6.27. The molecule has 1 saturated heterocycles. The number of unbranched alkanes of at least 4 members (excludes halogenated alkanes) is 1. The first-order chi connectivity index (χ1) is 24.8. The molecule has 0 unspecified atom stereocenters. The Bertz CT molecular complexity index is 1900. The highest BCUT2D eigenvalue weighted by molar-refractivity contribution is 7.91. The number of rotatable bonds is 16. The van der Waals surface area contributed by atoms with Gasteiger partial charge in [-0.25, -0.2) is 18.2 Å². The van der Waals surface area contributed by atoms with Gasteiger partial charge in [-0.1, -0.05) is 36.9 Å². The SMILES string of the molecule is C=CC(=O)N(C)C[C@H](NC(=O)OCCC/C=C/c1ccc2ccnc(O)c2c1)C(=O)N1CCC[C@H]1C(=O)N[C@]1(C(=O)NS(=O)(=O)C2CC2)C[C@H]1C=C. The summed E-state index contributed by atoms with van der Waals surface area (Å²) in [6.07, 6.45) is 9.77. The molecule has 16 heteroatoms. The number of hydrogen-bond acceptors (Lipinski definition) is 10. The summed E-state index contributed by atoms with van der Waals surface area (Å²) in [5, 5.41) is 16.1. The Hall–Kier alpha value is -5.25. The molecule has 0 bridgehead atoms. The van der Waals surface area contributed by atoms with Gasteiger partial charge in [-0.2, -0.15) is 0 Å². The van der Waals surface area contributed by atoms with E-state index >= 15 is 0 Å². The predicted octanol–water partition coefficient (Wildman–Crippen LogP) is 2.13. The van der Waals surface area contributed by atoms with Crippen LogP contribution in [0.1, 0.15) is 50.5 Å². The van der Waals surface area contributed by atoms with Crippen molar-refractivity contribution < 1.29 is 42.2 Å². The molecule has 278 valence electrons. The van der Waals surface area contributed by atoms with Crippen LogP contribution in [0, 0.1) is 5.92 Å². The summed E-state index contributed by atoms with van der Waals surface area (Å²) in [5.41, 5.74) is -0.651. The molecule has 3 fully saturated rings. The van der Waals surface area contributed by atoms with Crippen LogP contribution in [-0.2, 0) is 33.9 Å². The summed E-state index contributed by atoms with van der Waals surface area (Å²) < 4.78 is 32.4. The van der Waals surface area contributed by atoms with Gasteiger partial charge in [0.25, 0.3) is 5.91 Å². The molecule has 0 radical (unpaired) electrons. The second-order valence-electron chi connectivity index (χ2n) is 13.3. The Kier molecular flexibility index (Phi) is 11.7. The normalized spacial score (nSPS) is 21.6. The summed E-state index contributed by atoms with van der Waals surface area (Å²) in [7, 11) is -2.43. The molecule has 4 atom stereocenters. The quantitative estimate of drug-likeness (QED) is 0.112. The Morgan fingerprint density at radius 1 is 1.17 bits per heavy atom. The van der Waals surface area contributed by atoms with Crippen molar-refractivity contribution in [3.05, 3.63) is 67.4 Å². The Labute approximate surface area is 302 Å². The summed E-state index contributed by atoms with van der Waals surface area (Å²) in [5.74, 6) is -3.17. The number of carbonyl (C=O) groups is 5. The third-order valence-electron chi connectivity index (χ3n) is 9.51. The van der Waals surface area contributed by atoms with Crippen LogP contribution in [0.4, 0.5) is 4.79 Å². The number of benzene rings is 1. The maximum atomic E-state index is 13.9. The predicted molar refractivity (Wildman–Crippen MR) is 192 cm³/mol. The molecular weight excluding hydrogens is 692 g/mol. The summed E-state index contributed by atoms with van der Waals surface area (Å²) in [4.78, 5) is 72.3. The van der Waals surface area contributed by atoms with Gasteiger partial charge in [0, 0.05) is 31.1 Å². The molecule has 1 aliphatic heterocycles. The molecule has 1 aromatic carbocycles. The highest BCUT2D eigenvalue weighted by Crippen LogP contribution is 2.45. The van der Waals surface area contributed by atoms with Crippen LogP contribution in [-0.4, -0.2) is 108 Å². The number of fused-ring (bicyclic) bond motifs is 1. The number of likely N-dealkylation sites (N-methyl/N-ethyl adjacent to an activating group) is 1. The largest absolute Gasteiger partial charge is 0.493 e. The van der Waals surface area contributed by atoms with Gasteiger partial charge in [-0.05, 0) is 74.1 Å². The van der Waals surface area contributed by atoms with Crippen LogP contribution in [0.5, 0.6) is 5.88 Å². The van der Waals surface area contributed by atoms with Gasteiger partial charge in [0.05, 0.1) is 18.4 Å². The number of nitrogens with zero attached hydrogens (tertiary/aromatic N) is 3. The van der Waals surface area contributed by atoms with Gasteiger partial charge >= 0.3 is 6.09 Å². The summed E-state index contributed by atoms with van der Waals surface area (Å²) in [6, 6.07) is 5.11. The molecule has 15 nitrogen and oxygen atoms in total. The minimum Gasteiger partial charge on any atom is -0.493 e. The molecule has 52 heavy (non-hydrogen) atoms. The number of sulfonamides is 1. The lowest BCUT2D eigenvalue weighted by Crippen LogP contribution is -2.59. The zero-order chi connectivity index (χ0) is 37.6. The van der Waals surface area contributed by atoms with Gasteiger partial charge in [0.2, 0.25) is 33.6 Å². The van der Waals surface area contributed by atoms with Crippen LogP contribution in [0.25, 0.3) is 16.8 Å². The van der Waals surface area contributed by atoms with Gasteiger partial charge in [0.1, 0.15) is 17.6 Å². The van der Waals surface area contributed by atoms with E-state index in [1.165, 1.54) is 29.1 Å². The van der Waals surface area contributed by atoms with E-state index in [9.17, 15) is 37.5 Å². The van der Waals surface area contributed by atoms with E-state index in [0.717, 1.165) is 17.0 Å². The molecule has 1 aromatic heterocycles. The van der Waals surface area contributed by atoms with E-state index in [1.807, 2.05) is 30.4 Å². The average molecular weight is 737 g/mol. The standard InChI is InChI=1S/C36H44N6O9S/c1-4-25-21-36(25,34(47)40-52(49,50)26-14-15-26)39-32(45)29-11-9-18-42(29)33(46)28(22-41(3)30(43)5-2)38-35(48)51-19-8-6-7-10-23-12-13-24-16-17-37-31(44)27(24)20-23/h4-5,7,10,12-13,16-17,20,25-26,28-29H,1-2,6,8-9,11,14-15,18-19,21-22H2,3H3,(H,37,44)(H,38,48)(H,39,45)(H,40,47)/b10-7+/t25-,28+,29+,36-/m1/s1. The van der Waals surface area contributed by atoms with Crippen LogP contribution in [0.15, 0.2) is 61.8 Å². The molecular formula is C36H44N6O9S. The molecule has 5 amide bonds. The van der Waals surface area contributed by atoms with Crippen molar-refractivity contribution in [2.45, 2.75) is 67.8 Å². The third-order valence-corrected chi connectivity index (χ3v) is 11.3. The van der Waals surface area contributed by atoms with Gasteiger partial charge < -0.3 is 30.3 Å². The zero-order valence-electron chi connectivity index (χ0n) is 29.0. The van der Waals surface area contributed by atoms with E-state index in [0.29, 0.717) is 37.5 Å². The van der Waals surface area contributed by atoms with Crippen molar-refractivity contribution in [1.82, 2.24) is 30.1 Å². The van der Waals surface area contributed by atoms with Crippen LogP contribution in [0.2, 0.25) is 0 Å². The number of allylic oxidation sites excluding steroid dienone is 1. The molecule has 4 N–H and O–H groups in total. The molecule has 2 saturated carbocycles. The van der Waals surface area contributed by atoms with Gasteiger partial charge in [-0.15, -0.1) is 6.58 Å². The van der Waals surface area contributed by atoms with Crippen molar-refractivity contribution in [3.8, 4) is 5.88 Å². The van der Waals surface area contributed by atoms with Crippen LogP contribution >= 0.6 is 0 Å². The number of likely N-dealkylation sites (tertiary alicyclic amines) is 1. The maximum absolute atomic E-state index is 13.9. The van der Waals surface area contributed by atoms with Crippen molar-refractivity contribution >= 4 is 56.6 Å². The number of alkyl carbamates (subject to hydrolysis) is 1. The summed E-state index contributed by atoms with van der Waals surface area (Å²) in [6.45, 7) is 7.12. The first-order valence-corrected chi connectivity index (χ1v) is 18.7. The second-order valence-corrected chi connectivity index (χ2v) is 15.2. The molecule has 2 aromatic rings. The Morgan fingerprint density at radius 3 is 2.63 bits per heavy atom. The van der Waals surface area contributed by atoms with Crippen molar-refractivity contribution in [2.75, 3.05) is 26.7 Å². The van der Waals surface area contributed by atoms with E-state index in [-0.39, 0.29) is 38.4 Å². The van der Waals surface area contributed by atoms with Crippen LogP contribution in [0.3, 0.4) is 0 Å². The molecule has 2 aliphatic carbocycles. The number of amides is 5. The van der Waals surface area contributed by atoms with Crippen molar-refractivity contribution in [3.63, 3.8) is 0 Å². The minimum atomic E-state index is -3.87. The number of hydrogen-bond donors (Lipinski definition) is 4. The molecule has 2 heterocycles. The van der Waals surface area contributed by atoms with E-state index < -0.39 is 68.5 Å². The topological polar surface area (TPSA) is 204 Å². The fourth-order valence-corrected chi connectivity index (χ4v) is 7.64. The number of ether oxygens (including phenoxy) is 1. The number of nitrogens with one attached hydrogen (secondary N) is 3. The lowest BCUT2D eigenvalue weighted by atomic mass is 10.1. The average Bonchev–Trinajstić information content (AvgIpc) is 4.05. The first-order valence-electron chi connectivity index (χ1n) is 17.2. The van der Waals surface area contributed by atoms with Gasteiger partial charge in [0.15, 0.2) is 0 Å². The molecule has 0 spiro atoms. The van der Waals surface area contributed by atoms with Crippen LogP contribution < -0.4 is 15.4 Å². The first kappa shape index (κ1) is 38.0. The number of carbonyl (C=O) groups excluding carboxylic acids is 5. The lowest BCUT2D eigenvalue weighted by Gasteiger charge is -2.31. The maximum Gasteiger partial charge on any atom is 0.407 e. The highest BCUT2D eigenvalue weighted by Gasteiger charge is 2.61. The van der Waals surface area contributed by atoms with E-state index in [1.54, 1.807) is 6.07 Å². The summed E-state index contributed by atoms with van der Waals surface area (Å²) >= 11 is 0. The third kappa shape index (κ3) is 8.78. The van der Waals surface area contributed by atoms with Gasteiger partial charge in [-0.3, -0.25) is 23.9 Å².